The minimum Gasteiger partial charge on any atom is -0.469 e. The molecule has 20 heavy (non-hydrogen) atoms. The largest absolute Gasteiger partial charge is 0.469 e. The minimum atomic E-state index is -0.190. The van der Waals surface area contributed by atoms with Gasteiger partial charge in [-0.05, 0) is 26.3 Å². The van der Waals surface area contributed by atoms with Crippen LogP contribution in [0.3, 0.4) is 0 Å². The van der Waals surface area contributed by atoms with Gasteiger partial charge in [0.15, 0.2) is 0 Å². The van der Waals surface area contributed by atoms with Crippen molar-refractivity contribution in [1.29, 1.82) is 0 Å². The van der Waals surface area contributed by atoms with Gasteiger partial charge < -0.3 is 15.1 Å². The Hall–Kier alpha value is -1.82. The standard InChI is InChI=1S/C14H19N3O2S/c1-4-12(13-16-9(2)8-20-13)17-14(18)15-7-11-5-6-19-10(11)3/h5-6,8,12H,4,7H2,1-3H3,(H2,15,17,18)/t12-/m1/s1. The molecule has 2 N–H and O–H groups in total. The van der Waals surface area contributed by atoms with Crippen molar-refractivity contribution in [2.24, 2.45) is 0 Å². The molecule has 0 aliphatic heterocycles. The maximum Gasteiger partial charge on any atom is 0.315 e. The van der Waals surface area contributed by atoms with Crippen LogP contribution in [0.15, 0.2) is 22.1 Å². The van der Waals surface area contributed by atoms with E-state index in [2.05, 4.69) is 15.6 Å². The van der Waals surface area contributed by atoms with Crippen molar-refractivity contribution < 1.29 is 9.21 Å². The predicted molar refractivity (Wildman–Crippen MR) is 78.7 cm³/mol. The van der Waals surface area contributed by atoms with Crippen LogP contribution in [0.2, 0.25) is 0 Å². The molecular formula is C14H19N3O2S. The number of hydrogen-bond donors (Lipinski definition) is 2. The number of amides is 2. The lowest BCUT2D eigenvalue weighted by molar-refractivity contribution is 0.236. The van der Waals surface area contributed by atoms with Gasteiger partial charge in [-0.3, -0.25) is 0 Å². The van der Waals surface area contributed by atoms with E-state index in [1.165, 1.54) is 0 Å². The molecule has 1 atom stereocenters. The predicted octanol–water partition coefficient (Wildman–Crippen LogP) is 3.30. The number of furan rings is 1. The van der Waals surface area contributed by atoms with Gasteiger partial charge >= 0.3 is 6.03 Å². The van der Waals surface area contributed by atoms with Gasteiger partial charge in [-0.25, -0.2) is 9.78 Å². The van der Waals surface area contributed by atoms with Crippen molar-refractivity contribution in [3.8, 4) is 0 Å². The highest BCUT2D eigenvalue weighted by Gasteiger charge is 2.15. The second kappa shape index (κ2) is 6.56. The first kappa shape index (κ1) is 14.6. The number of aromatic nitrogens is 1. The summed E-state index contributed by atoms with van der Waals surface area (Å²) in [4.78, 5) is 16.3. The zero-order valence-corrected chi connectivity index (χ0v) is 12.7. The van der Waals surface area contributed by atoms with Gasteiger partial charge in [-0.2, -0.15) is 0 Å². The first-order chi connectivity index (χ1) is 9.60. The van der Waals surface area contributed by atoms with E-state index in [-0.39, 0.29) is 12.1 Å². The Balaban J connectivity index is 1.88. The summed E-state index contributed by atoms with van der Waals surface area (Å²) >= 11 is 1.57. The second-order valence-electron chi connectivity index (χ2n) is 4.62. The van der Waals surface area contributed by atoms with E-state index >= 15 is 0 Å². The fourth-order valence-corrected chi connectivity index (χ4v) is 2.78. The first-order valence-electron chi connectivity index (χ1n) is 6.59. The Morgan fingerprint density at radius 2 is 2.30 bits per heavy atom. The highest BCUT2D eigenvalue weighted by molar-refractivity contribution is 7.09. The summed E-state index contributed by atoms with van der Waals surface area (Å²) < 4.78 is 5.19. The highest BCUT2D eigenvalue weighted by atomic mass is 32.1. The van der Waals surface area contributed by atoms with Crippen molar-refractivity contribution in [1.82, 2.24) is 15.6 Å². The highest BCUT2D eigenvalue weighted by Crippen LogP contribution is 2.20. The normalized spacial score (nSPS) is 12.2. The Morgan fingerprint density at radius 1 is 1.50 bits per heavy atom. The van der Waals surface area contributed by atoms with Gasteiger partial charge in [-0.1, -0.05) is 6.92 Å². The SMILES string of the molecule is CC[C@@H](NC(=O)NCc1ccoc1C)c1nc(C)cs1. The fourth-order valence-electron chi connectivity index (χ4n) is 1.85. The minimum absolute atomic E-state index is 0.0425. The van der Waals surface area contributed by atoms with Crippen molar-refractivity contribution in [2.45, 2.75) is 39.8 Å². The molecular weight excluding hydrogens is 274 g/mol. The van der Waals surface area contributed by atoms with Crippen LogP contribution < -0.4 is 10.6 Å². The number of urea groups is 1. The zero-order valence-electron chi connectivity index (χ0n) is 11.9. The van der Waals surface area contributed by atoms with E-state index in [9.17, 15) is 4.79 Å². The molecule has 6 heteroatoms. The molecule has 0 saturated heterocycles. The summed E-state index contributed by atoms with van der Waals surface area (Å²) in [6, 6.07) is 1.63. The topological polar surface area (TPSA) is 67.2 Å². The summed E-state index contributed by atoms with van der Waals surface area (Å²) in [5.74, 6) is 0.827. The van der Waals surface area contributed by atoms with Crippen LogP contribution in [0.5, 0.6) is 0 Å². The Labute approximate surface area is 122 Å². The third-order valence-electron chi connectivity index (χ3n) is 3.05. The van der Waals surface area contributed by atoms with Crippen molar-refractivity contribution in [3.63, 3.8) is 0 Å². The number of carbonyl (C=O) groups is 1. The van der Waals surface area contributed by atoms with Crippen molar-refractivity contribution >= 4 is 17.4 Å². The third-order valence-corrected chi connectivity index (χ3v) is 4.13. The smallest absolute Gasteiger partial charge is 0.315 e. The molecule has 2 amide bonds. The summed E-state index contributed by atoms with van der Waals surface area (Å²) in [6.07, 6.45) is 2.43. The maximum atomic E-state index is 11.9. The van der Waals surface area contributed by atoms with E-state index in [1.807, 2.05) is 32.2 Å². The molecule has 0 unspecified atom stereocenters. The third kappa shape index (κ3) is 3.60. The number of carbonyl (C=O) groups excluding carboxylic acids is 1. The lowest BCUT2D eigenvalue weighted by atomic mass is 10.2. The van der Waals surface area contributed by atoms with Gasteiger partial charge in [0, 0.05) is 23.2 Å². The zero-order chi connectivity index (χ0) is 14.5. The van der Waals surface area contributed by atoms with Gasteiger partial charge in [0.1, 0.15) is 10.8 Å². The molecule has 2 aromatic rings. The lowest BCUT2D eigenvalue weighted by Crippen LogP contribution is -2.37. The van der Waals surface area contributed by atoms with Crippen LogP contribution in [0.25, 0.3) is 0 Å². The molecule has 0 saturated carbocycles. The summed E-state index contributed by atoms with van der Waals surface area (Å²) in [5.41, 5.74) is 1.97. The second-order valence-corrected chi connectivity index (χ2v) is 5.51. The van der Waals surface area contributed by atoms with E-state index in [0.717, 1.165) is 28.4 Å². The summed E-state index contributed by atoms with van der Waals surface area (Å²) in [7, 11) is 0. The lowest BCUT2D eigenvalue weighted by Gasteiger charge is -2.15. The molecule has 2 heterocycles. The fraction of sp³-hybridized carbons (Fsp3) is 0.429. The number of thiazole rings is 1. The van der Waals surface area contributed by atoms with Crippen LogP contribution in [-0.4, -0.2) is 11.0 Å². The number of rotatable bonds is 5. The van der Waals surface area contributed by atoms with E-state index < -0.39 is 0 Å². The van der Waals surface area contributed by atoms with Gasteiger partial charge in [0.2, 0.25) is 0 Å². The Morgan fingerprint density at radius 3 is 2.85 bits per heavy atom. The quantitative estimate of drug-likeness (QED) is 0.888. The Bertz CT molecular complexity index is 576. The van der Waals surface area contributed by atoms with Gasteiger partial charge in [0.25, 0.3) is 0 Å². The van der Waals surface area contributed by atoms with Crippen LogP contribution in [0, 0.1) is 13.8 Å². The molecule has 0 aliphatic rings. The molecule has 2 rings (SSSR count). The molecule has 0 bridgehead atoms. The van der Waals surface area contributed by atoms with Crippen molar-refractivity contribution in [2.75, 3.05) is 0 Å². The molecule has 0 radical (unpaired) electrons. The van der Waals surface area contributed by atoms with Gasteiger partial charge in [-0.15, -0.1) is 11.3 Å². The molecule has 0 spiro atoms. The number of nitrogens with zero attached hydrogens (tertiary/aromatic N) is 1. The van der Waals surface area contributed by atoms with E-state index in [1.54, 1.807) is 17.6 Å². The van der Waals surface area contributed by atoms with E-state index in [4.69, 9.17) is 4.42 Å². The average molecular weight is 293 g/mol. The first-order valence-corrected chi connectivity index (χ1v) is 7.47. The van der Waals surface area contributed by atoms with E-state index in [0.29, 0.717) is 6.54 Å². The molecule has 5 nitrogen and oxygen atoms in total. The summed E-state index contributed by atoms with van der Waals surface area (Å²) in [6.45, 7) is 6.32. The van der Waals surface area contributed by atoms with Crippen LogP contribution in [0.1, 0.15) is 41.4 Å². The molecule has 0 fully saturated rings. The van der Waals surface area contributed by atoms with Crippen LogP contribution in [0.4, 0.5) is 4.79 Å². The average Bonchev–Trinajstić information content (AvgIpc) is 3.02. The Kier molecular flexibility index (Phi) is 4.79. The number of hydrogen-bond acceptors (Lipinski definition) is 4. The maximum absolute atomic E-state index is 11.9. The number of aryl methyl sites for hydroxylation is 2. The van der Waals surface area contributed by atoms with Crippen LogP contribution >= 0.6 is 11.3 Å². The molecule has 0 aromatic carbocycles. The monoisotopic (exact) mass is 293 g/mol. The summed E-state index contributed by atoms with van der Waals surface area (Å²) in [5, 5.41) is 8.72. The molecule has 2 aromatic heterocycles. The number of nitrogens with one attached hydrogen (secondary N) is 2. The van der Waals surface area contributed by atoms with Gasteiger partial charge in [0.05, 0.1) is 12.3 Å². The van der Waals surface area contributed by atoms with Crippen molar-refractivity contribution in [3.05, 3.63) is 39.7 Å². The molecule has 0 aliphatic carbocycles. The van der Waals surface area contributed by atoms with Crippen LogP contribution in [-0.2, 0) is 6.54 Å². The molecule has 108 valence electrons.